The number of thioether (sulfide) groups is 2. The maximum absolute atomic E-state index is 10.7. The molecule has 1 nitrogen and oxygen atoms in total. The van der Waals surface area contributed by atoms with Gasteiger partial charge in [-0.15, -0.1) is 0 Å². The second-order valence-electron chi connectivity index (χ2n) is 5.83. The zero-order valence-electron chi connectivity index (χ0n) is 11.8. The maximum Gasteiger partial charge on any atom is 0.0697 e. The molecule has 0 amide bonds. The summed E-state index contributed by atoms with van der Waals surface area (Å²) in [6.07, 6.45) is 7.71. The topological polar surface area (TPSA) is 20.2 Å². The SMILES string of the molecule is CCC1CCC(C(O)C2SCCSC2CC)CC1. The van der Waals surface area contributed by atoms with Crippen molar-refractivity contribution >= 4 is 23.5 Å². The minimum Gasteiger partial charge on any atom is -0.392 e. The second kappa shape index (κ2) is 7.44. The van der Waals surface area contributed by atoms with Crippen molar-refractivity contribution in [3.63, 3.8) is 0 Å². The largest absolute Gasteiger partial charge is 0.392 e. The fourth-order valence-electron chi connectivity index (χ4n) is 3.46. The van der Waals surface area contributed by atoms with Crippen molar-refractivity contribution in [3.05, 3.63) is 0 Å². The Morgan fingerprint density at radius 2 is 1.67 bits per heavy atom. The standard InChI is InChI=1S/C15H28OS2/c1-3-11-5-7-12(8-6-11)14(16)15-13(4-2)17-9-10-18-15/h11-16H,3-10H2,1-2H3. The third kappa shape index (κ3) is 3.61. The monoisotopic (exact) mass is 288 g/mol. The van der Waals surface area contributed by atoms with Gasteiger partial charge >= 0.3 is 0 Å². The van der Waals surface area contributed by atoms with Gasteiger partial charge in [0.1, 0.15) is 0 Å². The minimum absolute atomic E-state index is 0.0504. The van der Waals surface area contributed by atoms with Crippen LogP contribution >= 0.6 is 23.5 Å². The Balaban J connectivity index is 1.87. The molecular formula is C15H28OS2. The van der Waals surface area contributed by atoms with E-state index in [9.17, 15) is 5.11 Å². The van der Waals surface area contributed by atoms with Crippen LogP contribution in [-0.2, 0) is 0 Å². The van der Waals surface area contributed by atoms with E-state index >= 15 is 0 Å². The predicted octanol–water partition coefficient (Wildman–Crippen LogP) is 4.19. The van der Waals surface area contributed by atoms with E-state index in [4.69, 9.17) is 0 Å². The molecule has 106 valence electrons. The first-order chi connectivity index (χ1) is 8.76. The smallest absolute Gasteiger partial charge is 0.0697 e. The lowest BCUT2D eigenvalue weighted by Gasteiger charge is -2.39. The highest BCUT2D eigenvalue weighted by Gasteiger charge is 2.36. The Kier molecular flexibility index (Phi) is 6.23. The van der Waals surface area contributed by atoms with Crippen molar-refractivity contribution in [1.82, 2.24) is 0 Å². The summed E-state index contributed by atoms with van der Waals surface area (Å²) in [5, 5.41) is 11.9. The first kappa shape index (κ1) is 15.1. The predicted molar refractivity (Wildman–Crippen MR) is 84.5 cm³/mol. The van der Waals surface area contributed by atoms with Crippen LogP contribution in [0.2, 0.25) is 0 Å². The van der Waals surface area contributed by atoms with Gasteiger partial charge in [0, 0.05) is 22.0 Å². The average molecular weight is 289 g/mol. The van der Waals surface area contributed by atoms with Gasteiger partial charge in [-0.25, -0.2) is 0 Å². The molecule has 2 rings (SSSR count). The molecule has 0 aromatic carbocycles. The molecule has 1 heterocycles. The van der Waals surface area contributed by atoms with Crippen molar-refractivity contribution in [1.29, 1.82) is 0 Å². The molecule has 1 saturated carbocycles. The molecule has 2 aliphatic rings. The van der Waals surface area contributed by atoms with Gasteiger partial charge in [-0.2, -0.15) is 23.5 Å². The third-order valence-corrected chi connectivity index (χ3v) is 8.14. The quantitative estimate of drug-likeness (QED) is 0.837. The summed E-state index contributed by atoms with van der Waals surface area (Å²) >= 11 is 4.12. The fourth-order valence-corrected chi connectivity index (χ4v) is 6.69. The highest BCUT2D eigenvalue weighted by Crippen LogP contribution is 2.41. The van der Waals surface area contributed by atoms with Crippen LogP contribution in [-0.4, -0.2) is 33.2 Å². The lowest BCUT2D eigenvalue weighted by Crippen LogP contribution is -2.41. The number of hydrogen-bond acceptors (Lipinski definition) is 3. The Bertz CT molecular complexity index is 239. The molecule has 0 bridgehead atoms. The van der Waals surface area contributed by atoms with E-state index in [2.05, 4.69) is 25.6 Å². The van der Waals surface area contributed by atoms with Crippen LogP contribution in [0.1, 0.15) is 52.4 Å². The lowest BCUT2D eigenvalue weighted by molar-refractivity contribution is 0.0704. The molecule has 3 unspecified atom stereocenters. The van der Waals surface area contributed by atoms with Gasteiger partial charge in [0.15, 0.2) is 0 Å². The molecule has 1 N–H and O–H groups in total. The summed E-state index contributed by atoms with van der Waals surface area (Å²) in [5.74, 6) is 4.02. The van der Waals surface area contributed by atoms with Gasteiger partial charge in [-0.3, -0.25) is 0 Å². The second-order valence-corrected chi connectivity index (χ2v) is 8.47. The van der Waals surface area contributed by atoms with E-state index in [0.717, 1.165) is 5.92 Å². The first-order valence-corrected chi connectivity index (χ1v) is 9.77. The number of aliphatic hydroxyl groups is 1. The van der Waals surface area contributed by atoms with Gasteiger partial charge in [0.25, 0.3) is 0 Å². The van der Waals surface area contributed by atoms with E-state index in [-0.39, 0.29) is 6.10 Å². The van der Waals surface area contributed by atoms with E-state index in [1.807, 2.05) is 11.8 Å². The highest BCUT2D eigenvalue weighted by molar-refractivity contribution is 8.07. The zero-order valence-corrected chi connectivity index (χ0v) is 13.4. The van der Waals surface area contributed by atoms with E-state index in [1.54, 1.807) is 0 Å². The summed E-state index contributed by atoms with van der Waals surface area (Å²) in [7, 11) is 0. The minimum atomic E-state index is -0.0504. The molecule has 1 aliphatic heterocycles. The van der Waals surface area contributed by atoms with Crippen LogP contribution in [0.5, 0.6) is 0 Å². The van der Waals surface area contributed by atoms with Gasteiger partial charge in [-0.05, 0) is 31.1 Å². The lowest BCUT2D eigenvalue weighted by atomic mass is 9.77. The molecule has 2 fully saturated rings. The van der Waals surface area contributed by atoms with Gasteiger partial charge in [-0.1, -0.05) is 33.1 Å². The molecule has 0 aromatic rings. The van der Waals surface area contributed by atoms with Crippen LogP contribution in [0.15, 0.2) is 0 Å². The van der Waals surface area contributed by atoms with Gasteiger partial charge in [0.2, 0.25) is 0 Å². The Labute approximate surface area is 121 Å². The molecule has 1 aliphatic carbocycles. The molecule has 0 aromatic heterocycles. The van der Waals surface area contributed by atoms with E-state index in [1.165, 1.54) is 50.0 Å². The van der Waals surface area contributed by atoms with Crippen molar-refractivity contribution in [2.75, 3.05) is 11.5 Å². The first-order valence-electron chi connectivity index (χ1n) is 7.67. The maximum atomic E-state index is 10.7. The van der Waals surface area contributed by atoms with Crippen LogP contribution in [0.3, 0.4) is 0 Å². The van der Waals surface area contributed by atoms with Crippen molar-refractivity contribution in [2.24, 2.45) is 11.8 Å². The van der Waals surface area contributed by atoms with Crippen molar-refractivity contribution < 1.29 is 5.11 Å². The Hall–Kier alpha value is 0.660. The summed E-state index contributed by atoms with van der Waals surface area (Å²) in [5.41, 5.74) is 0. The molecule has 0 radical (unpaired) electrons. The van der Waals surface area contributed by atoms with E-state index in [0.29, 0.717) is 16.4 Å². The van der Waals surface area contributed by atoms with E-state index < -0.39 is 0 Å². The Morgan fingerprint density at radius 3 is 2.28 bits per heavy atom. The van der Waals surface area contributed by atoms with Gasteiger partial charge in [0.05, 0.1) is 6.10 Å². The summed E-state index contributed by atoms with van der Waals surface area (Å²) in [4.78, 5) is 0. The Morgan fingerprint density at radius 1 is 1.00 bits per heavy atom. The molecule has 3 atom stereocenters. The summed E-state index contributed by atoms with van der Waals surface area (Å²) in [6.45, 7) is 4.58. The van der Waals surface area contributed by atoms with Crippen molar-refractivity contribution in [3.8, 4) is 0 Å². The van der Waals surface area contributed by atoms with Crippen LogP contribution in [0, 0.1) is 11.8 Å². The average Bonchev–Trinajstić information content (AvgIpc) is 2.46. The van der Waals surface area contributed by atoms with Crippen LogP contribution in [0.25, 0.3) is 0 Å². The number of hydrogen-bond donors (Lipinski definition) is 1. The molecule has 1 saturated heterocycles. The fraction of sp³-hybridized carbons (Fsp3) is 1.00. The summed E-state index contributed by atoms with van der Waals surface area (Å²) < 4.78 is 0. The van der Waals surface area contributed by atoms with Gasteiger partial charge < -0.3 is 5.11 Å². The highest BCUT2D eigenvalue weighted by atomic mass is 32.2. The molecule has 3 heteroatoms. The van der Waals surface area contributed by atoms with Crippen molar-refractivity contribution in [2.45, 2.75) is 69.0 Å². The number of rotatable bonds is 4. The number of aliphatic hydroxyl groups excluding tert-OH is 1. The van der Waals surface area contributed by atoms with Crippen LogP contribution in [0.4, 0.5) is 0 Å². The normalized spacial score (nSPS) is 39.5. The van der Waals surface area contributed by atoms with Crippen LogP contribution < -0.4 is 0 Å². The molecular weight excluding hydrogens is 260 g/mol. The third-order valence-electron chi connectivity index (χ3n) is 4.78. The summed E-state index contributed by atoms with van der Waals surface area (Å²) in [6, 6.07) is 0. The molecule has 0 spiro atoms. The zero-order chi connectivity index (χ0) is 13.0. The molecule has 18 heavy (non-hydrogen) atoms.